The predicted octanol–water partition coefficient (Wildman–Crippen LogP) is 2.09. The third-order valence-corrected chi connectivity index (χ3v) is 4.77. The second kappa shape index (κ2) is 9.28. The van der Waals surface area contributed by atoms with E-state index < -0.39 is 17.7 Å². The average molecular weight is 388 g/mol. The van der Waals surface area contributed by atoms with Crippen LogP contribution in [0.15, 0.2) is 18.2 Å². The van der Waals surface area contributed by atoms with E-state index in [4.69, 9.17) is 0 Å². The number of carbonyl (C=O) groups excluding carboxylic acids is 2. The first-order valence-corrected chi connectivity index (χ1v) is 8.78. The van der Waals surface area contributed by atoms with Gasteiger partial charge in [-0.25, -0.2) is 8.78 Å². The number of amides is 2. The van der Waals surface area contributed by atoms with Crippen molar-refractivity contribution in [2.24, 2.45) is 0 Å². The molecule has 1 N–H and O–H groups in total. The number of hydrogen-bond acceptors (Lipinski definition) is 3. The zero-order valence-corrected chi connectivity index (χ0v) is 15.4. The van der Waals surface area contributed by atoms with Crippen LogP contribution in [0.1, 0.15) is 31.2 Å². The van der Waals surface area contributed by atoms with Crippen LogP contribution in [-0.2, 0) is 16.1 Å². The first-order chi connectivity index (χ1) is 12.0. The first-order valence-electron chi connectivity index (χ1n) is 8.78. The lowest BCUT2D eigenvalue weighted by atomic mass is 10.1. The summed E-state index contributed by atoms with van der Waals surface area (Å²) >= 11 is 0. The molecule has 5 nitrogen and oxygen atoms in total. The van der Waals surface area contributed by atoms with Gasteiger partial charge in [-0.2, -0.15) is 0 Å². The Labute approximate surface area is 158 Å². The summed E-state index contributed by atoms with van der Waals surface area (Å²) in [5.74, 6) is -1.52. The summed E-state index contributed by atoms with van der Waals surface area (Å²) in [5, 5.41) is 3.09. The normalized spacial score (nSPS) is 20.7. The topological polar surface area (TPSA) is 52.7 Å². The van der Waals surface area contributed by atoms with Gasteiger partial charge in [0.15, 0.2) is 0 Å². The van der Waals surface area contributed by atoms with E-state index in [-0.39, 0.29) is 37.2 Å². The smallest absolute Gasteiger partial charge is 0.240 e. The lowest BCUT2D eigenvalue weighted by Gasteiger charge is -2.34. The third-order valence-electron chi connectivity index (χ3n) is 4.77. The number of likely N-dealkylation sites (tertiary alicyclic amines) is 1. The van der Waals surface area contributed by atoms with Crippen molar-refractivity contribution in [3.8, 4) is 0 Å². The van der Waals surface area contributed by atoms with Gasteiger partial charge in [0.25, 0.3) is 0 Å². The molecular weight excluding hydrogens is 364 g/mol. The van der Waals surface area contributed by atoms with Crippen molar-refractivity contribution < 1.29 is 18.4 Å². The lowest BCUT2D eigenvalue weighted by Crippen LogP contribution is -2.56. The quantitative estimate of drug-likeness (QED) is 0.860. The molecule has 26 heavy (non-hydrogen) atoms. The number of benzene rings is 1. The number of nitrogens with zero attached hydrogens (tertiary/aromatic N) is 2. The number of halogens is 3. The van der Waals surface area contributed by atoms with Crippen LogP contribution in [0.2, 0.25) is 0 Å². The Morgan fingerprint density at radius 3 is 2.38 bits per heavy atom. The van der Waals surface area contributed by atoms with Crippen LogP contribution in [0.25, 0.3) is 0 Å². The molecule has 8 heteroatoms. The van der Waals surface area contributed by atoms with Gasteiger partial charge < -0.3 is 15.1 Å². The molecule has 2 heterocycles. The molecule has 1 atom stereocenters. The van der Waals surface area contributed by atoms with Gasteiger partial charge >= 0.3 is 0 Å². The zero-order chi connectivity index (χ0) is 17.8. The van der Waals surface area contributed by atoms with Gasteiger partial charge in [-0.05, 0) is 37.0 Å². The fraction of sp³-hybridized carbons (Fsp3) is 0.556. The molecule has 0 bridgehead atoms. The van der Waals surface area contributed by atoms with E-state index in [2.05, 4.69) is 5.32 Å². The van der Waals surface area contributed by atoms with Crippen LogP contribution in [0.3, 0.4) is 0 Å². The van der Waals surface area contributed by atoms with Gasteiger partial charge in [0.05, 0.1) is 12.5 Å². The molecule has 1 aromatic carbocycles. The number of rotatable bonds is 4. The van der Waals surface area contributed by atoms with Gasteiger partial charge in [-0.3, -0.25) is 9.59 Å². The van der Waals surface area contributed by atoms with Crippen LogP contribution in [-0.4, -0.2) is 53.8 Å². The Kier molecular flexibility index (Phi) is 7.34. The minimum Gasteiger partial charge on any atom is -0.343 e. The summed E-state index contributed by atoms with van der Waals surface area (Å²) in [6.07, 6.45) is 3.29. The minimum atomic E-state index is -0.658. The van der Waals surface area contributed by atoms with Gasteiger partial charge in [-0.15, -0.1) is 12.4 Å². The summed E-state index contributed by atoms with van der Waals surface area (Å²) in [6.45, 7) is 2.66. The first kappa shape index (κ1) is 20.6. The second-order valence-corrected chi connectivity index (χ2v) is 6.69. The number of piperazine rings is 1. The Balaban J connectivity index is 0.00000243. The Bertz CT molecular complexity index is 633. The molecule has 2 aliphatic heterocycles. The van der Waals surface area contributed by atoms with Crippen LogP contribution in [0.5, 0.6) is 0 Å². The third kappa shape index (κ3) is 5.14. The van der Waals surface area contributed by atoms with Crippen LogP contribution in [0, 0.1) is 11.6 Å². The highest BCUT2D eigenvalue weighted by molar-refractivity contribution is 5.89. The van der Waals surface area contributed by atoms with E-state index in [0.717, 1.165) is 38.4 Å². The summed E-state index contributed by atoms with van der Waals surface area (Å²) in [4.78, 5) is 28.4. The Hall–Kier alpha value is -1.73. The van der Waals surface area contributed by atoms with E-state index in [1.54, 1.807) is 4.90 Å². The van der Waals surface area contributed by atoms with Crippen molar-refractivity contribution in [1.82, 2.24) is 15.1 Å². The highest BCUT2D eigenvalue weighted by Crippen LogP contribution is 2.16. The highest BCUT2D eigenvalue weighted by Gasteiger charge is 2.31. The molecular formula is C18H24ClF2N3O2. The molecule has 1 aromatic rings. The van der Waals surface area contributed by atoms with Crippen molar-refractivity contribution in [3.05, 3.63) is 35.4 Å². The lowest BCUT2D eigenvalue weighted by molar-refractivity contribution is -0.141. The standard InChI is InChI=1S/C18H23F2N3O2.ClH/c19-14-8-13(9-15(20)10-14)12-23-7-4-21-16(18(23)25)11-17(24)22-5-2-1-3-6-22;/h8-10,16,21H,1-7,11-12H2;1H. The van der Waals surface area contributed by atoms with Gasteiger partial charge in [-0.1, -0.05) is 0 Å². The van der Waals surface area contributed by atoms with Crippen LogP contribution in [0.4, 0.5) is 8.78 Å². The molecule has 144 valence electrons. The fourth-order valence-electron chi connectivity index (χ4n) is 3.48. The summed E-state index contributed by atoms with van der Waals surface area (Å²) in [7, 11) is 0. The highest BCUT2D eigenvalue weighted by atomic mass is 35.5. The maximum Gasteiger partial charge on any atom is 0.240 e. The van der Waals surface area contributed by atoms with Gasteiger partial charge in [0.2, 0.25) is 11.8 Å². The SMILES string of the molecule is Cl.O=C(CC1NCCN(Cc2cc(F)cc(F)c2)C1=O)N1CCCCC1. The Morgan fingerprint density at radius 1 is 1.08 bits per heavy atom. The molecule has 2 amide bonds. The molecule has 2 fully saturated rings. The maximum absolute atomic E-state index is 13.3. The number of hydrogen-bond donors (Lipinski definition) is 1. The molecule has 0 aliphatic carbocycles. The van der Waals surface area contributed by atoms with E-state index in [1.165, 1.54) is 12.1 Å². The molecule has 0 radical (unpaired) electrons. The van der Waals surface area contributed by atoms with Crippen LogP contribution < -0.4 is 5.32 Å². The van der Waals surface area contributed by atoms with Crippen molar-refractivity contribution in [2.45, 2.75) is 38.3 Å². The average Bonchev–Trinajstić information content (AvgIpc) is 2.58. The zero-order valence-electron chi connectivity index (χ0n) is 14.5. The van der Waals surface area contributed by atoms with E-state index in [9.17, 15) is 18.4 Å². The Morgan fingerprint density at radius 2 is 1.73 bits per heavy atom. The van der Waals surface area contributed by atoms with Gasteiger partial charge in [0.1, 0.15) is 11.6 Å². The summed E-state index contributed by atoms with van der Waals surface area (Å²) in [6, 6.07) is 2.70. The van der Waals surface area contributed by atoms with E-state index in [0.29, 0.717) is 18.7 Å². The van der Waals surface area contributed by atoms with Crippen molar-refractivity contribution >= 4 is 24.2 Å². The molecule has 0 aromatic heterocycles. The van der Waals surface area contributed by atoms with Gasteiger partial charge in [0, 0.05) is 38.8 Å². The molecule has 2 aliphatic rings. The van der Waals surface area contributed by atoms with Crippen molar-refractivity contribution in [1.29, 1.82) is 0 Å². The molecule has 3 rings (SSSR count). The monoisotopic (exact) mass is 387 g/mol. The van der Waals surface area contributed by atoms with Crippen LogP contribution >= 0.6 is 12.4 Å². The predicted molar refractivity (Wildman–Crippen MR) is 95.9 cm³/mol. The molecule has 1 unspecified atom stereocenters. The molecule has 0 saturated carbocycles. The fourth-order valence-corrected chi connectivity index (χ4v) is 3.48. The second-order valence-electron chi connectivity index (χ2n) is 6.69. The van der Waals surface area contributed by atoms with Crippen molar-refractivity contribution in [3.63, 3.8) is 0 Å². The van der Waals surface area contributed by atoms with Crippen molar-refractivity contribution in [2.75, 3.05) is 26.2 Å². The largest absolute Gasteiger partial charge is 0.343 e. The molecule has 0 spiro atoms. The summed E-state index contributed by atoms with van der Waals surface area (Å²) in [5.41, 5.74) is 0.411. The summed E-state index contributed by atoms with van der Waals surface area (Å²) < 4.78 is 26.7. The number of nitrogens with one attached hydrogen (secondary N) is 1. The number of carbonyl (C=O) groups is 2. The molecule has 2 saturated heterocycles. The van der Waals surface area contributed by atoms with E-state index in [1.807, 2.05) is 4.90 Å². The van der Waals surface area contributed by atoms with E-state index >= 15 is 0 Å². The maximum atomic E-state index is 13.3. The number of piperidine rings is 1. The minimum absolute atomic E-state index is 0.